The maximum absolute atomic E-state index is 11.7. The number of nitrogens with two attached hydrogens (primary N) is 1. The van der Waals surface area contributed by atoms with Crippen LogP contribution in [0.2, 0.25) is 0 Å². The van der Waals surface area contributed by atoms with Crippen molar-refractivity contribution in [3.8, 4) is 0 Å². The highest BCUT2D eigenvalue weighted by Gasteiger charge is 2.26. The van der Waals surface area contributed by atoms with Crippen LogP contribution in [0.5, 0.6) is 0 Å². The smallest absolute Gasteiger partial charge is 0.225 e. The molecule has 1 atom stereocenters. The zero-order chi connectivity index (χ0) is 13.8. The van der Waals surface area contributed by atoms with E-state index in [-0.39, 0.29) is 11.8 Å². The monoisotopic (exact) mass is 263 g/mol. The lowest BCUT2D eigenvalue weighted by molar-refractivity contribution is -0.124. The van der Waals surface area contributed by atoms with Gasteiger partial charge in [-0.3, -0.25) is 4.79 Å². The van der Waals surface area contributed by atoms with E-state index in [0.717, 1.165) is 30.8 Å². The Hall–Kier alpha value is -1.69. The number of nitrogens with zero attached hydrogens (tertiary/aromatic N) is 3. The highest BCUT2D eigenvalue weighted by Crippen LogP contribution is 2.21. The van der Waals surface area contributed by atoms with Crippen LogP contribution >= 0.6 is 0 Å². The number of hydrogen-bond donors (Lipinski definition) is 2. The van der Waals surface area contributed by atoms with Crippen molar-refractivity contribution in [3.05, 3.63) is 17.5 Å². The molecule has 1 aromatic rings. The minimum atomic E-state index is 0.0178. The predicted octanol–water partition coefficient (Wildman–Crippen LogP) is 0.206. The predicted molar refractivity (Wildman–Crippen MR) is 73.7 cm³/mol. The number of hydrogen-bond acceptors (Lipinski definition) is 5. The Kier molecular flexibility index (Phi) is 4.31. The summed E-state index contributed by atoms with van der Waals surface area (Å²) in [6, 6.07) is 1.89. The molecule has 0 bridgehead atoms. The molecule has 0 spiro atoms. The van der Waals surface area contributed by atoms with Gasteiger partial charge in [-0.1, -0.05) is 0 Å². The topological polar surface area (TPSA) is 84.1 Å². The number of nitrogens with one attached hydrogen (secondary N) is 1. The molecule has 6 nitrogen and oxygen atoms in total. The molecule has 1 amide bonds. The van der Waals surface area contributed by atoms with Crippen LogP contribution in [-0.4, -0.2) is 36.0 Å². The second-order valence-electron chi connectivity index (χ2n) is 4.90. The summed E-state index contributed by atoms with van der Waals surface area (Å²) in [5.74, 6) is 0.801. The van der Waals surface area contributed by atoms with Crippen molar-refractivity contribution in [2.24, 2.45) is 11.7 Å². The van der Waals surface area contributed by atoms with Crippen molar-refractivity contribution >= 4 is 11.9 Å². The van der Waals surface area contributed by atoms with E-state index >= 15 is 0 Å². The number of aromatic nitrogens is 2. The summed E-state index contributed by atoms with van der Waals surface area (Å²) in [5.41, 5.74) is 7.39. The Bertz CT molecular complexity index is 462. The third kappa shape index (κ3) is 3.20. The molecular weight excluding hydrogens is 242 g/mol. The molecule has 104 valence electrons. The van der Waals surface area contributed by atoms with E-state index in [9.17, 15) is 4.79 Å². The lowest BCUT2D eigenvalue weighted by Gasteiger charge is -2.32. The fourth-order valence-electron chi connectivity index (χ4n) is 2.44. The quantitative estimate of drug-likeness (QED) is 0.814. The third-order valence-corrected chi connectivity index (χ3v) is 3.43. The van der Waals surface area contributed by atoms with Gasteiger partial charge in [0.15, 0.2) is 0 Å². The van der Waals surface area contributed by atoms with Gasteiger partial charge in [0.05, 0.1) is 11.6 Å². The summed E-state index contributed by atoms with van der Waals surface area (Å²) in [4.78, 5) is 22.7. The summed E-state index contributed by atoms with van der Waals surface area (Å²) in [5, 5.41) is 2.71. The maximum atomic E-state index is 11.7. The highest BCUT2D eigenvalue weighted by molar-refractivity contribution is 5.79. The van der Waals surface area contributed by atoms with Crippen LogP contribution in [0.3, 0.4) is 0 Å². The molecule has 3 N–H and O–H groups in total. The molecule has 0 aromatic carbocycles. The van der Waals surface area contributed by atoms with Gasteiger partial charge >= 0.3 is 0 Å². The molecule has 1 aromatic heterocycles. The Morgan fingerprint density at radius 3 is 3.05 bits per heavy atom. The highest BCUT2D eigenvalue weighted by atomic mass is 16.1. The minimum Gasteiger partial charge on any atom is -0.359 e. The Morgan fingerprint density at radius 2 is 2.37 bits per heavy atom. The first kappa shape index (κ1) is 13.7. The van der Waals surface area contributed by atoms with Crippen LogP contribution in [0.15, 0.2) is 6.07 Å². The van der Waals surface area contributed by atoms with E-state index in [4.69, 9.17) is 5.73 Å². The molecule has 1 unspecified atom stereocenters. The SMILES string of the molecule is CNC(=O)C1CCCN(c2nc(C)cc(CN)n2)C1. The van der Waals surface area contributed by atoms with E-state index in [1.165, 1.54) is 0 Å². The average molecular weight is 263 g/mol. The van der Waals surface area contributed by atoms with E-state index < -0.39 is 0 Å². The van der Waals surface area contributed by atoms with Crippen LogP contribution in [-0.2, 0) is 11.3 Å². The molecule has 6 heteroatoms. The number of anilines is 1. The molecule has 2 rings (SSSR count). The molecule has 0 aliphatic carbocycles. The second kappa shape index (κ2) is 5.97. The van der Waals surface area contributed by atoms with Gasteiger partial charge in [-0.15, -0.1) is 0 Å². The van der Waals surface area contributed by atoms with E-state index in [1.807, 2.05) is 13.0 Å². The van der Waals surface area contributed by atoms with Crippen molar-refractivity contribution in [3.63, 3.8) is 0 Å². The Balaban J connectivity index is 2.17. The van der Waals surface area contributed by atoms with Crippen LogP contribution in [0.1, 0.15) is 24.2 Å². The molecule has 1 aliphatic heterocycles. The fraction of sp³-hybridized carbons (Fsp3) is 0.615. The zero-order valence-electron chi connectivity index (χ0n) is 11.5. The number of rotatable bonds is 3. The normalized spacial score (nSPS) is 19.3. The molecule has 2 heterocycles. The minimum absolute atomic E-state index is 0.0178. The van der Waals surface area contributed by atoms with Crippen molar-refractivity contribution in [2.75, 3.05) is 25.0 Å². The Morgan fingerprint density at radius 1 is 1.58 bits per heavy atom. The number of carbonyl (C=O) groups excluding carboxylic acids is 1. The number of piperidine rings is 1. The molecular formula is C13H21N5O. The summed E-state index contributed by atoms with van der Waals surface area (Å²) in [6.45, 7) is 3.90. The third-order valence-electron chi connectivity index (χ3n) is 3.43. The van der Waals surface area contributed by atoms with Crippen LogP contribution in [0, 0.1) is 12.8 Å². The van der Waals surface area contributed by atoms with Crippen molar-refractivity contribution in [1.82, 2.24) is 15.3 Å². The molecule has 0 radical (unpaired) electrons. The van der Waals surface area contributed by atoms with E-state index in [1.54, 1.807) is 7.05 Å². The van der Waals surface area contributed by atoms with Gasteiger partial charge in [0.1, 0.15) is 0 Å². The molecule has 19 heavy (non-hydrogen) atoms. The van der Waals surface area contributed by atoms with Crippen molar-refractivity contribution < 1.29 is 4.79 Å². The fourth-order valence-corrected chi connectivity index (χ4v) is 2.44. The summed E-state index contributed by atoms with van der Waals surface area (Å²) >= 11 is 0. The summed E-state index contributed by atoms with van der Waals surface area (Å²) in [6.07, 6.45) is 1.90. The van der Waals surface area contributed by atoms with Gasteiger partial charge in [0.2, 0.25) is 11.9 Å². The van der Waals surface area contributed by atoms with Crippen molar-refractivity contribution in [1.29, 1.82) is 0 Å². The standard InChI is InChI=1S/C13H21N5O/c1-9-6-11(7-14)17-13(16-9)18-5-3-4-10(8-18)12(19)15-2/h6,10H,3-5,7-8,14H2,1-2H3,(H,15,19). The first-order valence-corrected chi connectivity index (χ1v) is 6.65. The van der Waals surface area contributed by atoms with Gasteiger partial charge in [-0.25, -0.2) is 9.97 Å². The average Bonchev–Trinajstić information content (AvgIpc) is 2.45. The summed E-state index contributed by atoms with van der Waals surface area (Å²) in [7, 11) is 1.68. The summed E-state index contributed by atoms with van der Waals surface area (Å²) < 4.78 is 0. The van der Waals surface area contributed by atoms with E-state index in [2.05, 4.69) is 20.2 Å². The molecule has 1 saturated heterocycles. The molecule has 0 saturated carbocycles. The number of aryl methyl sites for hydroxylation is 1. The van der Waals surface area contributed by atoms with Crippen LogP contribution < -0.4 is 16.0 Å². The molecule has 1 fully saturated rings. The molecule has 1 aliphatic rings. The first-order chi connectivity index (χ1) is 9.13. The lowest BCUT2D eigenvalue weighted by Crippen LogP contribution is -2.43. The lowest BCUT2D eigenvalue weighted by atomic mass is 9.97. The number of amides is 1. The second-order valence-corrected chi connectivity index (χ2v) is 4.90. The first-order valence-electron chi connectivity index (χ1n) is 6.65. The van der Waals surface area contributed by atoms with Gasteiger partial charge in [0, 0.05) is 32.4 Å². The van der Waals surface area contributed by atoms with Gasteiger partial charge in [-0.2, -0.15) is 0 Å². The van der Waals surface area contributed by atoms with Gasteiger partial charge in [-0.05, 0) is 25.8 Å². The van der Waals surface area contributed by atoms with E-state index in [0.29, 0.717) is 19.0 Å². The van der Waals surface area contributed by atoms with Gasteiger partial charge in [0.25, 0.3) is 0 Å². The van der Waals surface area contributed by atoms with Crippen LogP contribution in [0.25, 0.3) is 0 Å². The van der Waals surface area contributed by atoms with Crippen LogP contribution in [0.4, 0.5) is 5.95 Å². The number of carbonyl (C=O) groups is 1. The van der Waals surface area contributed by atoms with Crippen molar-refractivity contribution in [2.45, 2.75) is 26.3 Å². The Labute approximate surface area is 113 Å². The van der Waals surface area contributed by atoms with Gasteiger partial charge < -0.3 is 16.0 Å². The zero-order valence-corrected chi connectivity index (χ0v) is 11.5. The maximum Gasteiger partial charge on any atom is 0.225 e. The largest absolute Gasteiger partial charge is 0.359 e.